The molecule has 3 aliphatic heterocycles. The number of carbonyl (C=O) groups is 3. The molecule has 0 aliphatic carbocycles. The van der Waals surface area contributed by atoms with Crippen molar-refractivity contribution < 1.29 is 18.8 Å². The van der Waals surface area contributed by atoms with E-state index in [-0.39, 0.29) is 17.3 Å². The second kappa shape index (κ2) is 16.3. The maximum Gasteiger partial charge on any atom is 0.269 e. The third kappa shape index (κ3) is 8.49. The van der Waals surface area contributed by atoms with E-state index in [0.717, 1.165) is 84.4 Å². The number of aromatic nitrogens is 1. The number of Topliss-reactive ketones (excluding diaryl/α,β-unsaturated/α-hetero) is 2. The van der Waals surface area contributed by atoms with Crippen LogP contribution in [-0.2, 0) is 34.3 Å². The average molecular weight is 718 g/mol. The molecular formula is C37H42BrFN6O3. The van der Waals surface area contributed by atoms with Crippen LogP contribution in [0.2, 0.25) is 0 Å². The molecule has 1 aromatic heterocycles. The lowest BCUT2D eigenvalue weighted by atomic mass is 9.96. The van der Waals surface area contributed by atoms with E-state index in [0.29, 0.717) is 37.3 Å². The molecule has 3 aromatic rings. The lowest BCUT2D eigenvalue weighted by Crippen LogP contribution is -2.46. The SMILES string of the molecule is CCCC1=Nc2ccc(CBr)cc2CC1=O.CCCC1=Nc2ccc(CN3CCN(c4ccc(C(=O)NC)nc4F)CC3)cc2CC1=O. The highest BCUT2D eigenvalue weighted by Crippen LogP contribution is 2.29. The molecule has 9 nitrogen and oxygen atoms in total. The molecule has 252 valence electrons. The smallest absolute Gasteiger partial charge is 0.269 e. The van der Waals surface area contributed by atoms with Gasteiger partial charge in [0, 0.05) is 57.9 Å². The molecular weight excluding hydrogens is 675 g/mol. The van der Waals surface area contributed by atoms with Crippen LogP contribution >= 0.6 is 15.9 Å². The summed E-state index contributed by atoms with van der Waals surface area (Å²) in [5, 5.41) is 3.27. The number of amides is 1. The number of hydrogen-bond acceptors (Lipinski definition) is 8. The van der Waals surface area contributed by atoms with Gasteiger partial charge in [0.15, 0.2) is 11.6 Å². The Morgan fingerprint density at radius 3 is 1.92 bits per heavy atom. The van der Waals surface area contributed by atoms with Crippen molar-refractivity contribution in [3.05, 3.63) is 82.4 Å². The Bertz CT molecular complexity index is 1750. The van der Waals surface area contributed by atoms with Crippen LogP contribution in [0.5, 0.6) is 0 Å². The van der Waals surface area contributed by atoms with E-state index in [1.165, 1.54) is 12.6 Å². The summed E-state index contributed by atoms with van der Waals surface area (Å²) < 4.78 is 14.5. The second-order valence-corrected chi connectivity index (χ2v) is 12.8. The Morgan fingerprint density at radius 1 is 0.833 bits per heavy atom. The zero-order valence-corrected chi connectivity index (χ0v) is 29.4. The first-order valence-electron chi connectivity index (χ1n) is 16.6. The van der Waals surface area contributed by atoms with Gasteiger partial charge in [0.2, 0.25) is 5.95 Å². The number of ketones is 2. The van der Waals surface area contributed by atoms with E-state index in [9.17, 15) is 18.8 Å². The molecule has 0 atom stereocenters. The summed E-state index contributed by atoms with van der Waals surface area (Å²) in [5.41, 5.74) is 8.20. The van der Waals surface area contributed by atoms with Gasteiger partial charge in [-0.15, -0.1) is 0 Å². The van der Waals surface area contributed by atoms with Gasteiger partial charge in [-0.3, -0.25) is 19.3 Å². The van der Waals surface area contributed by atoms with Crippen LogP contribution in [0.1, 0.15) is 72.3 Å². The van der Waals surface area contributed by atoms with Gasteiger partial charge in [-0.25, -0.2) is 15.0 Å². The number of halogens is 2. The van der Waals surface area contributed by atoms with Crippen LogP contribution in [0.4, 0.5) is 21.5 Å². The zero-order chi connectivity index (χ0) is 34.2. The van der Waals surface area contributed by atoms with E-state index in [1.807, 2.05) is 17.0 Å². The number of rotatable bonds is 9. The lowest BCUT2D eigenvalue weighted by molar-refractivity contribution is -0.113. The molecule has 3 aliphatic rings. The maximum absolute atomic E-state index is 14.5. The molecule has 1 amide bonds. The Morgan fingerprint density at radius 2 is 1.40 bits per heavy atom. The monoisotopic (exact) mass is 716 g/mol. The summed E-state index contributed by atoms with van der Waals surface area (Å²) >= 11 is 3.42. The predicted octanol–water partition coefficient (Wildman–Crippen LogP) is 6.48. The van der Waals surface area contributed by atoms with Crippen molar-refractivity contribution in [2.24, 2.45) is 9.98 Å². The number of fused-ring (bicyclic) bond motifs is 2. The van der Waals surface area contributed by atoms with Gasteiger partial charge in [-0.2, -0.15) is 4.39 Å². The summed E-state index contributed by atoms with van der Waals surface area (Å²) in [6.07, 6.45) is 4.35. The lowest BCUT2D eigenvalue weighted by Gasteiger charge is -2.36. The van der Waals surface area contributed by atoms with Crippen LogP contribution in [0, 0.1) is 5.95 Å². The van der Waals surface area contributed by atoms with Crippen molar-refractivity contribution in [3.63, 3.8) is 0 Å². The van der Waals surface area contributed by atoms with Crippen LogP contribution < -0.4 is 10.2 Å². The van der Waals surface area contributed by atoms with Crippen molar-refractivity contribution in [3.8, 4) is 0 Å². The Balaban J connectivity index is 0.000000236. The first kappa shape index (κ1) is 35.2. The average Bonchev–Trinajstić information content (AvgIpc) is 3.09. The van der Waals surface area contributed by atoms with Crippen LogP contribution in [0.15, 0.2) is 58.5 Å². The number of aliphatic imine (C=N–C) groups is 2. The molecule has 0 bridgehead atoms. The molecule has 1 N–H and O–H groups in total. The normalized spacial score (nSPS) is 15.9. The molecule has 2 aromatic carbocycles. The predicted molar refractivity (Wildman–Crippen MR) is 192 cm³/mol. The summed E-state index contributed by atoms with van der Waals surface area (Å²) in [5.74, 6) is -0.717. The fraction of sp³-hybridized carbons (Fsp3) is 0.405. The van der Waals surface area contributed by atoms with Crippen LogP contribution in [0.25, 0.3) is 0 Å². The first-order chi connectivity index (χ1) is 23.2. The van der Waals surface area contributed by atoms with Gasteiger partial charge in [0.1, 0.15) is 5.69 Å². The van der Waals surface area contributed by atoms with Gasteiger partial charge in [-0.05, 0) is 59.4 Å². The van der Waals surface area contributed by atoms with Crippen LogP contribution in [-0.4, -0.2) is 72.0 Å². The number of piperazine rings is 1. The van der Waals surface area contributed by atoms with E-state index in [4.69, 9.17) is 0 Å². The van der Waals surface area contributed by atoms with E-state index in [1.54, 1.807) is 12.1 Å². The largest absolute Gasteiger partial charge is 0.365 e. The molecule has 48 heavy (non-hydrogen) atoms. The highest BCUT2D eigenvalue weighted by atomic mass is 79.9. The van der Waals surface area contributed by atoms with Gasteiger partial charge in [-0.1, -0.05) is 66.9 Å². The molecule has 11 heteroatoms. The number of carbonyl (C=O) groups excluding carboxylic acids is 3. The molecule has 0 radical (unpaired) electrons. The molecule has 0 unspecified atom stereocenters. The van der Waals surface area contributed by atoms with Crippen molar-refractivity contribution in [2.45, 2.75) is 64.2 Å². The summed E-state index contributed by atoms with van der Waals surface area (Å²) in [6.45, 7) is 7.81. The van der Waals surface area contributed by atoms with Crippen LogP contribution in [0.3, 0.4) is 0 Å². The number of hydrogen-bond donors (Lipinski definition) is 1. The minimum absolute atomic E-state index is 0.0735. The maximum atomic E-state index is 14.5. The Labute approximate surface area is 289 Å². The highest BCUT2D eigenvalue weighted by molar-refractivity contribution is 9.08. The molecule has 1 fully saturated rings. The zero-order valence-electron chi connectivity index (χ0n) is 27.8. The summed E-state index contributed by atoms with van der Waals surface area (Å²) in [4.78, 5) is 52.8. The number of nitrogens with zero attached hydrogens (tertiary/aromatic N) is 5. The topological polar surface area (TPSA) is 107 Å². The van der Waals surface area contributed by atoms with E-state index >= 15 is 0 Å². The fourth-order valence-electron chi connectivity index (χ4n) is 6.11. The fourth-order valence-corrected chi connectivity index (χ4v) is 6.46. The van der Waals surface area contributed by atoms with E-state index < -0.39 is 11.9 Å². The molecule has 1 saturated heterocycles. The van der Waals surface area contributed by atoms with Crippen molar-refractivity contribution in [1.82, 2.24) is 15.2 Å². The number of benzene rings is 2. The van der Waals surface area contributed by atoms with Crippen molar-refractivity contribution >= 4 is 61.9 Å². The van der Waals surface area contributed by atoms with Gasteiger partial charge >= 0.3 is 0 Å². The standard InChI is InChI=1S/C24H28FN5O2.C13H14BrNO/c1-3-4-19-22(31)14-17-13-16(5-6-18(17)27-19)15-29-9-11-30(12-10-29)21-8-7-20(24(32)26-2)28-23(21)25;1-2-3-12-13(16)7-10-6-9(8-14)4-5-11(10)15-12/h5-8,13H,3-4,9-12,14-15H2,1-2H3,(H,26,32);4-6H,2-3,7-8H2,1H3. The highest BCUT2D eigenvalue weighted by Gasteiger charge is 2.24. The minimum Gasteiger partial charge on any atom is -0.365 e. The Hall–Kier alpha value is -4.09. The summed E-state index contributed by atoms with van der Waals surface area (Å²) in [6, 6.07) is 15.5. The van der Waals surface area contributed by atoms with Gasteiger partial charge in [0.05, 0.1) is 28.5 Å². The second-order valence-electron chi connectivity index (χ2n) is 12.2. The number of pyridine rings is 1. The number of alkyl halides is 1. The Kier molecular flexibility index (Phi) is 12.0. The van der Waals surface area contributed by atoms with Crippen molar-refractivity contribution in [2.75, 3.05) is 38.1 Å². The number of anilines is 1. The van der Waals surface area contributed by atoms with Crippen molar-refractivity contribution in [1.29, 1.82) is 0 Å². The number of nitrogens with one attached hydrogen (secondary N) is 1. The molecule has 6 rings (SSSR count). The van der Waals surface area contributed by atoms with Gasteiger partial charge in [0.25, 0.3) is 5.91 Å². The minimum atomic E-state index is -0.623. The molecule has 4 heterocycles. The third-order valence-electron chi connectivity index (χ3n) is 8.68. The van der Waals surface area contributed by atoms with E-state index in [2.05, 4.69) is 79.2 Å². The molecule has 0 saturated carbocycles. The third-order valence-corrected chi connectivity index (χ3v) is 9.33. The molecule has 0 spiro atoms. The summed E-state index contributed by atoms with van der Waals surface area (Å²) in [7, 11) is 1.49. The van der Waals surface area contributed by atoms with Gasteiger partial charge < -0.3 is 10.2 Å². The quantitative estimate of drug-likeness (QED) is 0.201. The first-order valence-corrected chi connectivity index (χ1v) is 17.7.